The van der Waals surface area contributed by atoms with Gasteiger partial charge in [0.05, 0.1) is 12.0 Å². The zero-order valence-electron chi connectivity index (χ0n) is 10.9. The molecular weight excluding hydrogens is 292 g/mol. The first kappa shape index (κ1) is 13.4. The van der Waals surface area contributed by atoms with Crippen molar-refractivity contribution in [2.45, 2.75) is 0 Å². The number of ether oxygens (including phenoxy) is 1. The highest BCUT2D eigenvalue weighted by Gasteiger charge is 2.25. The fourth-order valence-electron chi connectivity index (χ4n) is 2.00. The van der Waals surface area contributed by atoms with Gasteiger partial charge in [0.1, 0.15) is 5.75 Å². The molecule has 2 amide bonds. The largest absolute Gasteiger partial charge is 0.497 e. The van der Waals surface area contributed by atoms with E-state index in [1.54, 1.807) is 31.4 Å². The lowest BCUT2D eigenvalue weighted by atomic mass is 10.1. The number of carbonyl (C=O) groups is 2. The monoisotopic (exact) mass is 302 g/mol. The van der Waals surface area contributed by atoms with Crippen molar-refractivity contribution >= 4 is 39.9 Å². The van der Waals surface area contributed by atoms with E-state index in [4.69, 9.17) is 4.74 Å². The smallest absolute Gasteiger partial charge is 0.290 e. The number of thioether (sulfide) groups is 1. The van der Waals surface area contributed by atoms with Crippen LogP contribution in [0.2, 0.25) is 0 Å². The predicted octanol–water partition coefficient (Wildman–Crippen LogP) is 1.86. The van der Waals surface area contributed by atoms with Crippen LogP contribution in [0.5, 0.6) is 5.75 Å². The Kier molecular flexibility index (Phi) is 3.26. The maximum absolute atomic E-state index is 12.0. The van der Waals surface area contributed by atoms with E-state index in [1.807, 2.05) is 0 Å². The number of hydrogen-bond acceptors (Lipinski definition) is 5. The first-order chi connectivity index (χ1) is 10.1. The molecule has 0 spiro atoms. The predicted molar refractivity (Wildman–Crippen MR) is 80.2 cm³/mol. The number of carbonyl (C=O) groups excluding carboxylic acids is 2. The molecule has 7 heteroatoms. The average Bonchev–Trinajstić information content (AvgIpc) is 2.77. The molecule has 0 atom stereocenters. The lowest BCUT2D eigenvalue weighted by Crippen LogP contribution is -2.18. The van der Waals surface area contributed by atoms with Crippen LogP contribution >= 0.6 is 11.8 Å². The summed E-state index contributed by atoms with van der Waals surface area (Å²) in [5.74, 6) is 0.173. The summed E-state index contributed by atoms with van der Waals surface area (Å²) in [5, 5.41) is 2.48. The number of hydrogen-bond donors (Lipinski definition) is 2. The molecule has 0 bridgehead atoms. The number of aromatic amines is 1. The van der Waals surface area contributed by atoms with E-state index in [0.29, 0.717) is 16.8 Å². The van der Waals surface area contributed by atoms with Crippen molar-refractivity contribution in [2.75, 3.05) is 7.11 Å². The molecule has 0 radical (unpaired) electrons. The van der Waals surface area contributed by atoms with Gasteiger partial charge in [0, 0.05) is 16.5 Å². The van der Waals surface area contributed by atoms with Crippen molar-refractivity contribution in [1.82, 2.24) is 10.3 Å². The Bertz CT molecular complexity index is 854. The summed E-state index contributed by atoms with van der Waals surface area (Å²) in [5.41, 5.74) is 0.651. The number of amides is 2. The lowest BCUT2D eigenvalue weighted by Gasteiger charge is -2.03. The molecule has 3 rings (SSSR count). The van der Waals surface area contributed by atoms with Gasteiger partial charge in [-0.3, -0.25) is 19.7 Å². The van der Waals surface area contributed by atoms with Gasteiger partial charge in [-0.25, -0.2) is 0 Å². The molecule has 0 aliphatic carbocycles. The van der Waals surface area contributed by atoms with Gasteiger partial charge in [0.25, 0.3) is 16.7 Å². The number of H-pyrrole nitrogens is 1. The molecule has 1 saturated heterocycles. The average molecular weight is 302 g/mol. The number of nitrogens with one attached hydrogen (secondary N) is 2. The molecule has 1 aliphatic rings. The molecular formula is C14H10N2O4S. The van der Waals surface area contributed by atoms with Crippen molar-refractivity contribution in [3.05, 3.63) is 45.1 Å². The van der Waals surface area contributed by atoms with Crippen LogP contribution in [0.15, 0.2) is 34.0 Å². The second-order valence-corrected chi connectivity index (χ2v) is 5.37. The van der Waals surface area contributed by atoms with Gasteiger partial charge >= 0.3 is 0 Å². The minimum absolute atomic E-state index is 0.202. The summed E-state index contributed by atoms with van der Waals surface area (Å²) in [6.07, 6.45) is 1.41. The first-order valence-corrected chi connectivity index (χ1v) is 6.84. The topological polar surface area (TPSA) is 88.3 Å². The van der Waals surface area contributed by atoms with Crippen LogP contribution in [-0.4, -0.2) is 23.2 Å². The molecule has 2 aromatic rings. The third-order valence-corrected chi connectivity index (χ3v) is 3.82. The maximum Gasteiger partial charge on any atom is 0.290 e. The molecule has 0 unspecified atom stereocenters. The molecule has 21 heavy (non-hydrogen) atoms. The highest BCUT2D eigenvalue weighted by Crippen LogP contribution is 2.26. The van der Waals surface area contributed by atoms with Crippen molar-refractivity contribution in [3.8, 4) is 5.75 Å². The van der Waals surface area contributed by atoms with Crippen LogP contribution in [0.4, 0.5) is 4.79 Å². The fourth-order valence-corrected chi connectivity index (χ4v) is 2.67. The molecule has 6 nitrogen and oxygen atoms in total. The van der Waals surface area contributed by atoms with Crippen LogP contribution in [0, 0.1) is 0 Å². The minimum Gasteiger partial charge on any atom is -0.497 e. The Labute approximate surface area is 123 Å². The molecule has 1 fully saturated rings. The van der Waals surface area contributed by atoms with E-state index in [9.17, 15) is 14.4 Å². The molecule has 2 N–H and O–H groups in total. The molecule has 1 aliphatic heterocycles. The summed E-state index contributed by atoms with van der Waals surface area (Å²) >= 11 is 0.774. The van der Waals surface area contributed by atoms with Crippen molar-refractivity contribution < 1.29 is 14.3 Å². The number of rotatable bonds is 2. The number of methoxy groups -OCH3 is 1. The van der Waals surface area contributed by atoms with E-state index in [2.05, 4.69) is 10.3 Å². The van der Waals surface area contributed by atoms with Gasteiger partial charge in [-0.2, -0.15) is 0 Å². The quantitative estimate of drug-likeness (QED) is 0.827. The zero-order chi connectivity index (χ0) is 15.0. The van der Waals surface area contributed by atoms with Crippen LogP contribution in [0.1, 0.15) is 5.56 Å². The van der Waals surface area contributed by atoms with Crippen molar-refractivity contribution in [1.29, 1.82) is 0 Å². The number of fused-ring (bicyclic) bond motifs is 1. The van der Waals surface area contributed by atoms with Gasteiger partial charge in [0.2, 0.25) is 0 Å². The van der Waals surface area contributed by atoms with Gasteiger partial charge in [0.15, 0.2) is 0 Å². The van der Waals surface area contributed by atoms with E-state index < -0.39 is 11.1 Å². The summed E-state index contributed by atoms with van der Waals surface area (Å²) < 4.78 is 5.14. The fraction of sp³-hybridized carbons (Fsp3) is 0.0714. The Hall–Kier alpha value is -2.54. The second-order valence-electron chi connectivity index (χ2n) is 4.36. The van der Waals surface area contributed by atoms with Crippen LogP contribution in [0.3, 0.4) is 0 Å². The third kappa shape index (κ3) is 2.55. The van der Waals surface area contributed by atoms with Crippen molar-refractivity contribution in [2.24, 2.45) is 0 Å². The minimum atomic E-state index is -0.491. The van der Waals surface area contributed by atoms with E-state index in [0.717, 1.165) is 17.1 Å². The Balaban J connectivity index is 2.12. The van der Waals surface area contributed by atoms with E-state index in [-0.39, 0.29) is 10.5 Å². The Morgan fingerprint density at radius 2 is 2.00 bits per heavy atom. The molecule has 0 saturated carbocycles. The van der Waals surface area contributed by atoms with Gasteiger partial charge in [-0.15, -0.1) is 0 Å². The molecule has 106 valence electrons. The summed E-state index contributed by atoms with van der Waals surface area (Å²) in [6.45, 7) is 0. The maximum atomic E-state index is 12.0. The summed E-state index contributed by atoms with van der Waals surface area (Å²) in [6, 6.07) is 6.92. The molecule has 1 aromatic carbocycles. The van der Waals surface area contributed by atoms with Gasteiger partial charge < -0.3 is 9.72 Å². The van der Waals surface area contributed by atoms with Crippen molar-refractivity contribution in [3.63, 3.8) is 0 Å². The van der Waals surface area contributed by atoms with E-state index >= 15 is 0 Å². The van der Waals surface area contributed by atoms with Crippen LogP contribution < -0.4 is 15.6 Å². The Morgan fingerprint density at radius 3 is 2.67 bits per heavy atom. The zero-order valence-corrected chi connectivity index (χ0v) is 11.7. The van der Waals surface area contributed by atoms with Gasteiger partial charge in [-0.1, -0.05) is 0 Å². The Morgan fingerprint density at radius 1 is 1.19 bits per heavy atom. The second kappa shape index (κ2) is 5.10. The summed E-state index contributed by atoms with van der Waals surface area (Å²) in [4.78, 5) is 37.6. The highest BCUT2D eigenvalue weighted by molar-refractivity contribution is 8.18. The SMILES string of the molecule is COc1ccc2[nH]c(=O)c(C=C3SC(=O)NC3=O)cc2c1. The first-order valence-electron chi connectivity index (χ1n) is 6.03. The molecule has 2 heterocycles. The highest BCUT2D eigenvalue weighted by atomic mass is 32.2. The summed E-state index contributed by atoms with van der Waals surface area (Å²) in [7, 11) is 1.56. The number of imide groups is 1. The van der Waals surface area contributed by atoms with Gasteiger partial charge in [-0.05, 0) is 42.1 Å². The van der Waals surface area contributed by atoms with E-state index in [1.165, 1.54) is 6.08 Å². The third-order valence-electron chi connectivity index (χ3n) is 3.01. The number of pyridine rings is 1. The molecule has 1 aromatic heterocycles. The standard InChI is InChI=1S/C14H10N2O4S/c1-20-9-2-3-10-7(5-9)4-8(12(17)15-10)6-11-13(18)16-14(19)21-11/h2-6H,1H3,(H,15,17)(H,16,18,19). The van der Waals surface area contributed by atoms with Crippen LogP contribution in [-0.2, 0) is 4.79 Å². The van der Waals surface area contributed by atoms with Crippen LogP contribution in [0.25, 0.3) is 17.0 Å². The normalized spacial score (nSPS) is 16.5. The number of aromatic nitrogens is 1. The lowest BCUT2D eigenvalue weighted by molar-refractivity contribution is -0.115. The number of benzene rings is 1.